The third-order valence-corrected chi connectivity index (χ3v) is 1.79. The molecule has 1 aromatic rings. The van der Waals surface area contributed by atoms with Crippen LogP contribution in [0.3, 0.4) is 0 Å². The first-order valence-corrected chi connectivity index (χ1v) is 3.76. The highest BCUT2D eigenvalue weighted by Gasteiger charge is 1.94. The standard InChI is InChI=1S/C8H11NS/c1-2-6-3-4-7(10)5-8(6)9/h3-5,10H,2,9H2,1H3. The van der Waals surface area contributed by atoms with Crippen LogP contribution in [0.25, 0.3) is 0 Å². The number of nitrogen functional groups attached to an aromatic ring is 1. The highest BCUT2D eigenvalue weighted by atomic mass is 32.1. The van der Waals surface area contributed by atoms with E-state index in [0.29, 0.717) is 0 Å². The van der Waals surface area contributed by atoms with E-state index in [2.05, 4.69) is 19.6 Å². The molecule has 0 aliphatic rings. The molecular weight excluding hydrogens is 142 g/mol. The second kappa shape index (κ2) is 2.97. The number of aryl methyl sites for hydroxylation is 1. The first-order chi connectivity index (χ1) is 4.74. The third-order valence-electron chi connectivity index (χ3n) is 1.51. The van der Waals surface area contributed by atoms with Crippen molar-refractivity contribution in [1.82, 2.24) is 0 Å². The van der Waals surface area contributed by atoms with Crippen LogP contribution in [0.2, 0.25) is 0 Å². The molecule has 1 rings (SSSR count). The Hall–Kier alpha value is -0.630. The summed E-state index contributed by atoms with van der Waals surface area (Å²) >= 11 is 4.16. The van der Waals surface area contributed by atoms with Gasteiger partial charge in [-0.2, -0.15) is 0 Å². The Kier molecular flexibility index (Phi) is 2.22. The van der Waals surface area contributed by atoms with E-state index < -0.39 is 0 Å². The Bertz CT molecular complexity index is 233. The minimum absolute atomic E-state index is 0.843. The largest absolute Gasteiger partial charge is 0.398 e. The van der Waals surface area contributed by atoms with Crippen LogP contribution in [0.4, 0.5) is 5.69 Å². The summed E-state index contributed by atoms with van der Waals surface area (Å²) in [4.78, 5) is 0.926. The maximum Gasteiger partial charge on any atom is 0.0357 e. The van der Waals surface area contributed by atoms with Crippen LogP contribution in [-0.4, -0.2) is 0 Å². The number of nitrogens with two attached hydrogens (primary N) is 1. The van der Waals surface area contributed by atoms with Gasteiger partial charge in [0.1, 0.15) is 0 Å². The highest BCUT2D eigenvalue weighted by molar-refractivity contribution is 7.80. The lowest BCUT2D eigenvalue weighted by atomic mass is 10.1. The van der Waals surface area contributed by atoms with Crippen LogP contribution in [-0.2, 0) is 6.42 Å². The fourth-order valence-electron chi connectivity index (χ4n) is 0.904. The number of anilines is 1. The maximum atomic E-state index is 5.68. The van der Waals surface area contributed by atoms with Crippen molar-refractivity contribution in [2.24, 2.45) is 0 Å². The lowest BCUT2D eigenvalue weighted by Crippen LogP contribution is -1.91. The normalized spacial score (nSPS) is 9.80. The van der Waals surface area contributed by atoms with E-state index >= 15 is 0 Å². The molecule has 0 atom stereocenters. The summed E-state index contributed by atoms with van der Waals surface area (Å²) in [5.74, 6) is 0. The molecule has 0 aromatic heterocycles. The molecule has 0 amide bonds. The second-order valence-electron chi connectivity index (χ2n) is 2.24. The highest BCUT2D eigenvalue weighted by Crippen LogP contribution is 2.16. The van der Waals surface area contributed by atoms with Crippen LogP contribution in [0.5, 0.6) is 0 Å². The summed E-state index contributed by atoms with van der Waals surface area (Å²) in [5.41, 5.74) is 7.72. The lowest BCUT2D eigenvalue weighted by Gasteiger charge is -2.01. The van der Waals surface area contributed by atoms with Crippen LogP contribution in [0.15, 0.2) is 23.1 Å². The second-order valence-corrected chi connectivity index (χ2v) is 2.75. The van der Waals surface area contributed by atoms with Gasteiger partial charge < -0.3 is 5.73 Å². The molecule has 0 unspecified atom stereocenters. The molecule has 0 bridgehead atoms. The van der Waals surface area contributed by atoms with Gasteiger partial charge in [-0.15, -0.1) is 12.6 Å². The van der Waals surface area contributed by atoms with Crippen molar-refractivity contribution in [3.8, 4) is 0 Å². The molecule has 54 valence electrons. The summed E-state index contributed by atoms with van der Waals surface area (Å²) < 4.78 is 0. The summed E-state index contributed by atoms with van der Waals surface area (Å²) in [6, 6.07) is 5.85. The van der Waals surface area contributed by atoms with Gasteiger partial charge in [0.05, 0.1) is 0 Å². The van der Waals surface area contributed by atoms with Gasteiger partial charge in [-0.3, -0.25) is 0 Å². The molecule has 2 N–H and O–H groups in total. The summed E-state index contributed by atoms with van der Waals surface area (Å²) in [5, 5.41) is 0. The van der Waals surface area contributed by atoms with Gasteiger partial charge in [-0.25, -0.2) is 0 Å². The minimum atomic E-state index is 0.843. The maximum absolute atomic E-state index is 5.68. The number of benzene rings is 1. The molecule has 1 aromatic carbocycles. The zero-order chi connectivity index (χ0) is 7.56. The fourth-order valence-corrected chi connectivity index (χ4v) is 1.12. The van der Waals surface area contributed by atoms with E-state index in [1.807, 2.05) is 18.2 Å². The van der Waals surface area contributed by atoms with Gasteiger partial charge in [0, 0.05) is 10.6 Å². The van der Waals surface area contributed by atoms with E-state index in [9.17, 15) is 0 Å². The van der Waals surface area contributed by atoms with Crippen molar-refractivity contribution in [1.29, 1.82) is 0 Å². The van der Waals surface area contributed by atoms with Crippen molar-refractivity contribution >= 4 is 18.3 Å². The Labute approximate surface area is 66.7 Å². The van der Waals surface area contributed by atoms with E-state index in [1.54, 1.807) is 0 Å². The van der Waals surface area contributed by atoms with E-state index in [1.165, 1.54) is 5.56 Å². The molecule has 0 saturated heterocycles. The molecule has 2 heteroatoms. The van der Waals surface area contributed by atoms with Crippen LogP contribution in [0, 0.1) is 0 Å². The van der Waals surface area contributed by atoms with Gasteiger partial charge in [0.2, 0.25) is 0 Å². The smallest absolute Gasteiger partial charge is 0.0357 e. The molecular formula is C8H11NS. The molecule has 0 aliphatic carbocycles. The van der Waals surface area contributed by atoms with Crippen molar-refractivity contribution in [2.45, 2.75) is 18.2 Å². The molecule has 10 heavy (non-hydrogen) atoms. The van der Waals surface area contributed by atoms with Crippen LogP contribution >= 0.6 is 12.6 Å². The fraction of sp³-hybridized carbons (Fsp3) is 0.250. The molecule has 0 radical (unpaired) electrons. The number of hydrogen-bond acceptors (Lipinski definition) is 2. The van der Waals surface area contributed by atoms with Crippen molar-refractivity contribution < 1.29 is 0 Å². The monoisotopic (exact) mass is 153 g/mol. The third kappa shape index (κ3) is 1.45. The van der Waals surface area contributed by atoms with Gasteiger partial charge in [-0.1, -0.05) is 13.0 Å². The molecule has 0 saturated carbocycles. The first-order valence-electron chi connectivity index (χ1n) is 3.31. The van der Waals surface area contributed by atoms with Crippen LogP contribution < -0.4 is 5.73 Å². The summed E-state index contributed by atoms with van der Waals surface area (Å²) in [6.07, 6.45) is 0.986. The van der Waals surface area contributed by atoms with Gasteiger partial charge in [0.15, 0.2) is 0 Å². The zero-order valence-corrected chi connectivity index (χ0v) is 6.86. The summed E-state index contributed by atoms with van der Waals surface area (Å²) in [6.45, 7) is 2.09. The Morgan fingerprint density at radius 2 is 2.20 bits per heavy atom. The van der Waals surface area contributed by atoms with Crippen LogP contribution in [0.1, 0.15) is 12.5 Å². The molecule has 0 heterocycles. The Morgan fingerprint density at radius 3 is 2.70 bits per heavy atom. The lowest BCUT2D eigenvalue weighted by molar-refractivity contribution is 1.14. The zero-order valence-electron chi connectivity index (χ0n) is 5.96. The Morgan fingerprint density at radius 1 is 1.50 bits per heavy atom. The van der Waals surface area contributed by atoms with Gasteiger partial charge in [0.25, 0.3) is 0 Å². The Balaban J connectivity index is 3.07. The quantitative estimate of drug-likeness (QED) is 0.469. The topological polar surface area (TPSA) is 26.0 Å². The van der Waals surface area contributed by atoms with E-state index in [4.69, 9.17) is 5.73 Å². The predicted octanol–water partition coefficient (Wildman–Crippen LogP) is 2.12. The predicted molar refractivity (Wildman–Crippen MR) is 47.5 cm³/mol. The van der Waals surface area contributed by atoms with E-state index in [0.717, 1.165) is 17.0 Å². The number of thiol groups is 1. The summed E-state index contributed by atoms with van der Waals surface area (Å²) in [7, 11) is 0. The van der Waals surface area contributed by atoms with Crippen molar-refractivity contribution in [3.05, 3.63) is 23.8 Å². The van der Waals surface area contributed by atoms with Crippen molar-refractivity contribution in [2.75, 3.05) is 5.73 Å². The average molecular weight is 153 g/mol. The molecule has 0 fully saturated rings. The molecule has 1 nitrogen and oxygen atoms in total. The van der Waals surface area contributed by atoms with E-state index in [-0.39, 0.29) is 0 Å². The first kappa shape index (κ1) is 7.48. The molecule has 0 aliphatic heterocycles. The van der Waals surface area contributed by atoms with Gasteiger partial charge in [-0.05, 0) is 24.1 Å². The van der Waals surface area contributed by atoms with Gasteiger partial charge >= 0.3 is 0 Å². The minimum Gasteiger partial charge on any atom is -0.398 e. The van der Waals surface area contributed by atoms with Crippen molar-refractivity contribution in [3.63, 3.8) is 0 Å². The number of rotatable bonds is 1. The average Bonchev–Trinajstić information content (AvgIpc) is 1.88. The SMILES string of the molecule is CCc1ccc(S)cc1N. The molecule has 0 spiro atoms. The number of hydrogen-bond donors (Lipinski definition) is 2.